The first-order valence-corrected chi connectivity index (χ1v) is 5.70. The summed E-state index contributed by atoms with van der Waals surface area (Å²) >= 11 is 0. The van der Waals surface area contributed by atoms with Crippen LogP contribution in [0.15, 0.2) is 12.3 Å². The second-order valence-corrected chi connectivity index (χ2v) is 5.01. The maximum absolute atomic E-state index is 13.3. The highest BCUT2D eigenvalue weighted by Gasteiger charge is 2.19. The van der Waals surface area contributed by atoms with Gasteiger partial charge in [-0.15, -0.1) is 0 Å². The van der Waals surface area contributed by atoms with Crippen LogP contribution < -0.4 is 11.1 Å². The molecule has 0 aliphatic rings. The minimum Gasteiger partial charge on any atom is -0.374 e. The number of ether oxygens (including phenoxy) is 1. The van der Waals surface area contributed by atoms with Gasteiger partial charge in [0.25, 0.3) is 0 Å². The Morgan fingerprint density at radius 1 is 1.53 bits per heavy atom. The van der Waals surface area contributed by atoms with Crippen LogP contribution in [0.3, 0.4) is 0 Å². The lowest BCUT2D eigenvalue weighted by Gasteiger charge is -2.22. The molecule has 106 valence electrons. The second kappa shape index (κ2) is 6.03. The van der Waals surface area contributed by atoms with Gasteiger partial charge in [-0.2, -0.15) is 4.39 Å². The fourth-order valence-corrected chi connectivity index (χ4v) is 1.14. The van der Waals surface area contributed by atoms with Crippen molar-refractivity contribution in [2.24, 2.45) is 5.73 Å². The van der Waals surface area contributed by atoms with Crippen molar-refractivity contribution in [3.05, 3.63) is 24.0 Å². The van der Waals surface area contributed by atoms with Gasteiger partial charge < -0.3 is 15.8 Å². The highest BCUT2D eigenvalue weighted by Crippen LogP contribution is 2.13. The first-order valence-electron chi connectivity index (χ1n) is 5.70. The summed E-state index contributed by atoms with van der Waals surface area (Å²) in [6.07, 6.45) is 0.889. The Kier molecular flexibility index (Phi) is 4.90. The van der Waals surface area contributed by atoms with Gasteiger partial charge in [-0.25, -0.2) is 9.37 Å². The van der Waals surface area contributed by atoms with E-state index in [-0.39, 0.29) is 12.3 Å². The van der Waals surface area contributed by atoms with Gasteiger partial charge in [-0.1, -0.05) is 0 Å². The minimum atomic E-state index is -0.962. The normalized spacial score (nSPS) is 13.2. The lowest BCUT2D eigenvalue weighted by Crippen LogP contribution is -2.41. The standard InChI is InChI=1S/C12H17F2N3O2/c1-12(2,3)19-6-8(15)11(18)17-9-5-16-10(14)4-7(9)13/h4-5,8H,6,15H2,1-3H3,(H,17,18)/t8-/m0/s1. The quantitative estimate of drug-likeness (QED) is 0.814. The number of carbonyl (C=O) groups is 1. The maximum Gasteiger partial charge on any atom is 0.243 e. The van der Waals surface area contributed by atoms with E-state index in [9.17, 15) is 13.6 Å². The van der Waals surface area contributed by atoms with Crippen LogP contribution in [0.5, 0.6) is 0 Å². The molecule has 0 bridgehead atoms. The van der Waals surface area contributed by atoms with Crippen LogP contribution in [0.25, 0.3) is 0 Å². The van der Waals surface area contributed by atoms with Gasteiger partial charge in [-0.3, -0.25) is 4.79 Å². The van der Waals surface area contributed by atoms with E-state index >= 15 is 0 Å². The van der Waals surface area contributed by atoms with Gasteiger partial charge in [0.05, 0.1) is 24.1 Å². The number of aromatic nitrogens is 1. The number of pyridine rings is 1. The molecule has 0 radical (unpaired) electrons. The SMILES string of the molecule is CC(C)(C)OC[C@H](N)C(=O)Nc1cnc(F)cc1F. The molecule has 0 saturated heterocycles. The van der Waals surface area contributed by atoms with Crippen LogP contribution in [0.4, 0.5) is 14.5 Å². The number of hydrogen-bond donors (Lipinski definition) is 2. The van der Waals surface area contributed by atoms with E-state index in [0.717, 1.165) is 6.20 Å². The highest BCUT2D eigenvalue weighted by molar-refractivity contribution is 5.94. The molecule has 1 aromatic rings. The predicted molar refractivity (Wildman–Crippen MR) is 66.5 cm³/mol. The molecule has 1 heterocycles. The monoisotopic (exact) mass is 273 g/mol. The second-order valence-electron chi connectivity index (χ2n) is 5.01. The first-order chi connectivity index (χ1) is 8.69. The molecule has 0 aliphatic heterocycles. The zero-order valence-electron chi connectivity index (χ0n) is 11.0. The lowest BCUT2D eigenvalue weighted by atomic mass is 10.2. The van der Waals surface area contributed by atoms with Crippen molar-refractivity contribution < 1.29 is 18.3 Å². The number of carbonyl (C=O) groups excluding carboxylic acids is 1. The summed E-state index contributed by atoms with van der Waals surface area (Å²) in [5.74, 6) is -2.50. The molecule has 0 aromatic carbocycles. The molecule has 0 spiro atoms. The Balaban J connectivity index is 2.59. The molecular weight excluding hydrogens is 256 g/mol. The van der Waals surface area contributed by atoms with Crippen LogP contribution in [-0.2, 0) is 9.53 Å². The minimum absolute atomic E-state index is 0.00836. The molecular formula is C12H17F2N3O2. The highest BCUT2D eigenvalue weighted by atomic mass is 19.1. The summed E-state index contributed by atoms with van der Waals surface area (Å²) in [6.45, 7) is 5.45. The third-order valence-corrected chi connectivity index (χ3v) is 2.11. The molecule has 0 fully saturated rings. The summed E-state index contributed by atoms with van der Waals surface area (Å²) in [6, 6.07) is -0.379. The summed E-state index contributed by atoms with van der Waals surface area (Å²) in [7, 11) is 0. The molecule has 0 unspecified atom stereocenters. The van der Waals surface area contributed by atoms with Gasteiger partial charge >= 0.3 is 0 Å². The fourth-order valence-electron chi connectivity index (χ4n) is 1.14. The van der Waals surface area contributed by atoms with Crippen LogP contribution >= 0.6 is 0 Å². The van der Waals surface area contributed by atoms with E-state index < -0.39 is 29.3 Å². The number of nitrogens with zero attached hydrogens (tertiary/aromatic N) is 1. The lowest BCUT2D eigenvalue weighted by molar-refractivity contribution is -0.120. The maximum atomic E-state index is 13.3. The molecule has 1 atom stereocenters. The van der Waals surface area contributed by atoms with Gasteiger partial charge in [0, 0.05) is 6.07 Å². The van der Waals surface area contributed by atoms with Crippen molar-refractivity contribution in [2.45, 2.75) is 32.4 Å². The number of nitrogens with one attached hydrogen (secondary N) is 1. The molecule has 1 amide bonds. The molecule has 7 heteroatoms. The Labute approximate surface area is 110 Å². The van der Waals surface area contributed by atoms with E-state index in [1.54, 1.807) is 0 Å². The third-order valence-electron chi connectivity index (χ3n) is 2.11. The molecule has 5 nitrogen and oxygen atoms in total. The molecule has 0 saturated carbocycles. The van der Waals surface area contributed by atoms with Gasteiger partial charge in [-0.05, 0) is 20.8 Å². The number of amides is 1. The Morgan fingerprint density at radius 3 is 2.68 bits per heavy atom. The molecule has 19 heavy (non-hydrogen) atoms. The van der Waals surface area contributed by atoms with E-state index in [2.05, 4.69) is 10.3 Å². The zero-order valence-corrected chi connectivity index (χ0v) is 11.0. The topological polar surface area (TPSA) is 77.2 Å². The van der Waals surface area contributed by atoms with Gasteiger partial charge in [0.1, 0.15) is 6.04 Å². The van der Waals surface area contributed by atoms with Crippen molar-refractivity contribution in [1.82, 2.24) is 4.98 Å². The predicted octanol–water partition coefficient (Wildman–Crippen LogP) is 1.44. The number of hydrogen-bond acceptors (Lipinski definition) is 4. The van der Waals surface area contributed by atoms with Gasteiger partial charge in [0.2, 0.25) is 11.9 Å². The Bertz CT molecular complexity index is 461. The number of nitrogens with two attached hydrogens (primary N) is 1. The Hall–Kier alpha value is -1.60. The number of halogens is 2. The Morgan fingerprint density at radius 2 is 2.16 bits per heavy atom. The van der Waals surface area contributed by atoms with E-state index in [4.69, 9.17) is 10.5 Å². The largest absolute Gasteiger partial charge is 0.374 e. The summed E-state index contributed by atoms with van der Waals surface area (Å²) in [4.78, 5) is 14.9. The van der Waals surface area contributed by atoms with Crippen molar-refractivity contribution in [3.8, 4) is 0 Å². The van der Waals surface area contributed by atoms with Crippen molar-refractivity contribution >= 4 is 11.6 Å². The summed E-state index contributed by atoms with van der Waals surface area (Å²) in [5.41, 5.74) is 4.94. The van der Waals surface area contributed by atoms with E-state index in [1.807, 2.05) is 20.8 Å². The molecule has 1 rings (SSSR count). The summed E-state index contributed by atoms with van der Waals surface area (Å²) in [5, 5.41) is 2.23. The average molecular weight is 273 g/mol. The van der Waals surface area contributed by atoms with Crippen LogP contribution in [0, 0.1) is 11.8 Å². The number of anilines is 1. The fraction of sp³-hybridized carbons (Fsp3) is 0.500. The van der Waals surface area contributed by atoms with Crippen LogP contribution in [0.2, 0.25) is 0 Å². The zero-order chi connectivity index (χ0) is 14.6. The average Bonchev–Trinajstić information content (AvgIpc) is 2.28. The summed E-state index contributed by atoms with van der Waals surface area (Å²) < 4.78 is 31.2. The molecule has 3 N–H and O–H groups in total. The van der Waals surface area contributed by atoms with Crippen molar-refractivity contribution in [3.63, 3.8) is 0 Å². The smallest absolute Gasteiger partial charge is 0.243 e. The first kappa shape index (κ1) is 15.5. The van der Waals surface area contributed by atoms with E-state index in [1.165, 1.54) is 0 Å². The van der Waals surface area contributed by atoms with Crippen LogP contribution in [0.1, 0.15) is 20.8 Å². The van der Waals surface area contributed by atoms with Crippen molar-refractivity contribution in [1.29, 1.82) is 0 Å². The number of rotatable bonds is 4. The van der Waals surface area contributed by atoms with Crippen molar-refractivity contribution in [2.75, 3.05) is 11.9 Å². The van der Waals surface area contributed by atoms with E-state index in [0.29, 0.717) is 6.07 Å². The van der Waals surface area contributed by atoms with Gasteiger partial charge in [0.15, 0.2) is 5.82 Å². The molecule has 0 aliphatic carbocycles. The third kappa shape index (κ3) is 5.27. The van der Waals surface area contributed by atoms with Crippen LogP contribution in [-0.4, -0.2) is 29.1 Å². The molecule has 1 aromatic heterocycles.